The van der Waals surface area contributed by atoms with Crippen molar-refractivity contribution < 1.29 is 4.79 Å². The average Bonchev–Trinajstić information content (AvgIpc) is 3.28. The van der Waals surface area contributed by atoms with Crippen LogP contribution in [0.4, 0.5) is 5.69 Å². The summed E-state index contributed by atoms with van der Waals surface area (Å²) >= 11 is 0. The van der Waals surface area contributed by atoms with E-state index >= 15 is 0 Å². The van der Waals surface area contributed by atoms with Gasteiger partial charge < -0.3 is 9.80 Å². The standard InChI is InChI=1S/C26H27N5O/c1-19-8-3-6-13-25(19)29-14-15-31(20(2)16-29)26(32)24-18-30(28-27-24)17-22-11-7-10-21-9-4-5-12-23(21)22/h3-13,18,20H,14-17H2,1-2H3/t20-/m1/s1. The molecule has 0 bridgehead atoms. The third kappa shape index (κ3) is 3.84. The maximum atomic E-state index is 13.2. The Morgan fingerprint density at radius 1 is 1.00 bits per heavy atom. The fraction of sp³-hybridized carbons (Fsp3) is 0.269. The maximum Gasteiger partial charge on any atom is 0.276 e. The number of aryl methyl sites for hydroxylation is 1. The molecule has 0 spiro atoms. The number of carbonyl (C=O) groups excluding carboxylic acids is 1. The van der Waals surface area contributed by atoms with E-state index in [4.69, 9.17) is 0 Å². The van der Waals surface area contributed by atoms with E-state index in [1.165, 1.54) is 22.0 Å². The molecule has 1 aliphatic rings. The van der Waals surface area contributed by atoms with Gasteiger partial charge in [0.25, 0.3) is 5.91 Å². The van der Waals surface area contributed by atoms with Crippen LogP contribution in [0.2, 0.25) is 0 Å². The summed E-state index contributed by atoms with van der Waals surface area (Å²) in [7, 11) is 0. The molecule has 0 N–H and O–H groups in total. The first-order valence-corrected chi connectivity index (χ1v) is 11.1. The molecule has 6 nitrogen and oxygen atoms in total. The van der Waals surface area contributed by atoms with Gasteiger partial charge in [0, 0.05) is 31.4 Å². The van der Waals surface area contributed by atoms with Gasteiger partial charge in [0.1, 0.15) is 0 Å². The van der Waals surface area contributed by atoms with E-state index in [2.05, 4.69) is 83.7 Å². The first kappa shape index (κ1) is 20.2. The van der Waals surface area contributed by atoms with Crippen LogP contribution in [0.25, 0.3) is 10.8 Å². The number of benzene rings is 3. The van der Waals surface area contributed by atoms with Gasteiger partial charge in [-0.25, -0.2) is 4.68 Å². The number of piperazine rings is 1. The number of rotatable bonds is 4. The number of hydrogen-bond donors (Lipinski definition) is 0. The van der Waals surface area contributed by atoms with Crippen LogP contribution in [0.3, 0.4) is 0 Å². The Kier molecular flexibility index (Phi) is 5.35. The summed E-state index contributed by atoms with van der Waals surface area (Å²) in [4.78, 5) is 17.5. The molecule has 2 heterocycles. The first-order chi connectivity index (χ1) is 15.6. The van der Waals surface area contributed by atoms with E-state index < -0.39 is 0 Å². The van der Waals surface area contributed by atoms with Crippen molar-refractivity contribution in [1.29, 1.82) is 0 Å². The minimum Gasteiger partial charge on any atom is -0.367 e. The van der Waals surface area contributed by atoms with Crippen molar-refractivity contribution in [3.63, 3.8) is 0 Å². The second-order valence-corrected chi connectivity index (χ2v) is 8.52. The van der Waals surface area contributed by atoms with Crippen molar-refractivity contribution in [3.05, 3.63) is 89.7 Å². The molecule has 1 saturated heterocycles. The third-order valence-corrected chi connectivity index (χ3v) is 6.31. The fourth-order valence-electron chi connectivity index (χ4n) is 4.62. The lowest BCUT2D eigenvalue weighted by Crippen LogP contribution is -2.54. The number of aromatic nitrogens is 3. The monoisotopic (exact) mass is 425 g/mol. The molecule has 1 aliphatic heterocycles. The van der Waals surface area contributed by atoms with Gasteiger partial charge in [-0.15, -0.1) is 5.10 Å². The van der Waals surface area contributed by atoms with Crippen molar-refractivity contribution >= 4 is 22.4 Å². The van der Waals surface area contributed by atoms with Gasteiger partial charge >= 0.3 is 0 Å². The summed E-state index contributed by atoms with van der Waals surface area (Å²) in [5.41, 5.74) is 4.07. The van der Waals surface area contributed by atoms with E-state index in [0.717, 1.165) is 18.7 Å². The van der Waals surface area contributed by atoms with Gasteiger partial charge in [0.2, 0.25) is 0 Å². The van der Waals surface area contributed by atoms with E-state index in [-0.39, 0.29) is 11.9 Å². The highest BCUT2D eigenvalue weighted by atomic mass is 16.2. The van der Waals surface area contributed by atoms with Gasteiger partial charge in [0.05, 0.1) is 12.7 Å². The molecular formula is C26H27N5O. The van der Waals surface area contributed by atoms with E-state index in [1.54, 1.807) is 10.9 Å². The van der Waals surface area contributed by atoms with E-state index in [1.807, 2.05) is 17.0 Å². The van der Waals surface area contributed by atoms with Crippen LogP contribution in [-0.2, 0) is 6.54 Å². The minimum atomic E-state index is -0.0499. The van der Waals surface area contributed by atoms with Crippen LogP contribution < -0.4 is 4.90 Å². The van der Waals surface area contributed by atoms with E-state index in [9.17, 15) is 4.79 Å². The van der Waals surface area contributed by atoms with Crippen molar-refractivity contribution in [2.24, 2.45) is 0 Å². The molecule has 1 amide bonds. The zero-order chi connectivity index (χ0) is 22.1. The number of hydrogen-bond acceptors (Lipinski definition) is 4. The predicted octanol–water partition coefficient (Wildman–Crippen LogP) is 4.14. The zero-order valence-corrected chi connectivity index (χ0v) is 18.5. The number of anilines is 1. The molecule has 6 heteroatoms. The molecular weight excluding hydrogens is 398 g/mol. The van der Waals surface area contributed by atoms with Gasteiger partial charge in [-0.2, -0.15) is 0 Å². The summed E-state index contributed by atoms with van der Waals surface area (Å²) in [6.45, 7) is 7.10. The number of nitrogens with zero attached hydrogens (tertiary/aromatic N) is 5. The number of carbonyl (C=O) groups is 1. The molecule has 162 valence electrons. The lowest BCUT2D eigenvalue weighted by atomic mass is 10.0. The van der Waals surface area contributed by atoms with Crippen LogP contribution in [0, 0.1) is 6.92 Å². The normalized spacial score (nSPS) is 16.5. The minimum absolute atomic E-state index is 0.0499. The highest BCUT2D eigenvalue weighted by Crippen LogP contribution is 2.24. The summed E-state index contributed by atoms with van der Waals surface area (Å²) in [5.74, 6) is -0.0499. The number of amides is 1. The van der Waals surface area contributed by atoms with Crippen LogP contribution in [0.5, 0.6) is 0 Å². The zero-order valence-electron chi connectivity index (χ0n) is 18.5. The Morgan fingerprint density at radius 2 is 1.78 bits per heavy atom. The van der Waals surface area contributed by atoms with Crippen molar-refractivity contribution in [2.75, 3.05) is 24.5 Å². The number of para-hydroxylation sites is 1. The maximum absolute atomic E-state index is 13.2. The molecule has 1 aromatic heterocycles. The van der Waals surface area contributed by atoms with Crippen LogP contribution in [0.1, 0.15) is 28.5 Å². The lowest BCUT2D eigenvalue weighted by molar-refractivity contribution is 0.0668. The molecule has 0 unspecified atom stereocenters. The highest BCUT2D eigenvalue weighted by Gasteiger charge is 2.30. The van der Waals surface area contributed by atoms with Crippen LogP contribution in [-0.4, -0.2) is 51.5 Å². The van der Waals surface area contributed by atoms with Gasteiger partial charge in [-0.3, -0.25) is 4.79 Å². The molecule has 3 aromatic carbocycles. The Bertz CT molecular complexity index is 1260. The predicted molar refractivity (Wildman–Crippen MR) is 127 cm³/mol. The van der Waals surface area contributed by atoms with Gasteiger partial charge in [0.15, 0.2) is 5.69 Å². The molecule has 32 heavy (non-hydrogen) atoms. The highest BCUT2D eigenvalue weighted by molar-refractivity contribution is 5.92. The topological polar surface area (TPSA) is 54.3 Å². The number of fused-ring (bicyclic) bond motifs is 1. The molecule has 0 saturated carbocycles. The lowest BCUT2D eigenvalue weighted by Gasteiger charge is -2.41. The summed E-state index contributed by atoms with van der Waals surface area (Å²) in [6, 6.07) is 23.1. The Hall–Kier alpha value is -3.67. The largest absolute Gasteiger partial charge is 0.367 e. The second-order valence-electron chi connectivity index (χ2n) is 8.52. The Morgan fingerprint density at radius 3 is 2.62 bits per heavy atom. The third-order valence-electron chi connectivity index (χ3n) is 6.31. The molecule has 1 fully saturated rings. The SMILES string of the molecule is Cc1ccccc1N1CCN(C(=O)c2cn(Cc3cccc4ccccc34)nn2)[C@H](C)C1. The smallest absolute Gasteiger partial charge is 0.276 e. The molecule has 0 radical (unpaired) electrons. The van der Waals surface area contributed by atoms with Crippen molar-refractivity contribution in [1.82, 2.24) is 19.9 Å². The van der Waals surface area contributed by atoms with Gasteiger partial charge in [-0.05, 0) is 41.8 Å². The average molecular weight is 426 g/mol. The Balaban J connectivity index is 1.29. The van der Waals surface area contributed by atoms with Crippen LogP contribution in [0.15, 0.2) is 72.9 Å². The first-order valence-electron chi connectivity index (χ1n) is 11.1. The molecule has 4 aromatic rings. The summed E-state index contributed by atoms with van der Waals surface area (Å²) in [5, 5.41) is 10.8. The van der Waals surface area contributed by atoms with Crippen molar-refractivity contribution in [3.8, 4) is 0 Å². The molecule has 0 aliphatic carbocycles. The van der Waals surface area contributed by atoms with Crippen LogP contribution >= 0.6 is 0 Å². The van der Waals surface area contributed by atoms with E-state index in [0.29, 0.717) is 18.8 Å². The Labute approximate surface area is 188 Å². The fourth-order valence-corrected chi connectivity index (χ4v) is 4.62. The molecule has 1 atom stereocenters. The summed E-state index contributed by atoms with van der Waals surface area (Å²) in [6.07, 6.45) is 1.77. The van der Waals surface area contributed by atoms with Crippen molar-refractivity contribution in [2.45, 2.75) is 26.4 Å². The summed E-state index contributed by atoms with van der Waals surface area (Å²) < 4.78 is 1.75. The van der Waals surface area contributed by atoms with Gasteiger partial charge in [-0.1, -0.05) is 65.9 Å². The molecule has 5 rings (SSSR count). The second kappa shape index (κ2) is 8.46. The quantitative estimate of drug-likeness (QED) is 0.493.